The van der Waals surface area contributed by atoms with Crippen molar-refractivity contribution >= 4 is 10.0 Å². The Kier molecular flexibility index (Phi) is 5.36. The van der Waals surface area contributed by atoms with Gasteiger partial charge in [0.1, 0.15) is 0 Å². The van der Waals surface area contributed by atoms with Crippen LogP contribution in [0, 0.1) is 0 Å². The summed E-state index contributed by atoms with van der Waals surface area (Å²) in [5.74, 6) is 0. The molecule has 0 aliphatic rings. The van der Waals surface area contributed by atoms with Gasteiger partial charge < -0.3 is 0 Å². The Bertz CT molecular complexity index is 437. The topological polar surface area (TPSA) is 46.2 Å². The molecule has 0 atom stereocenters. The second-order valence-corrected chi connectivity index (χ2v) is 6.63. The fourth-order valence-electron chi connectivity index (χ4n) is 1.40. The summed E-state index contributed by atoms with van der Waals surface area (Å²) in [4.78, 5) is 0.0439. The van der Waals surface area contributed by atoms with E-state index >= 15 is 0 Å². The average molecular weight is 257 g/mol. The van der Waals surface area contributed by atoms with Crippen molar-refractivity contribution in [2.45, 2.75) is 46.6 Å². The molecular formula is C13H23NO2S. The molecular weight excluding hydrogens is 234 g/mol. The van der Waals surface area contributed by atoms with Crippen LogP contribution in [0.3, 0.4) is 0 Å². The third-order valence-corrected chi connectivity index (χ3v) is 3.99. The minimum atomic E-state index is -3.57. The number of hydrogen-bond acceptors (Lipinski definition) is 2. The molecule has 3 nitrogen and oxygen atoms in total. The van der Waals surface area contributed by atoms with E-state index < -0.39 is 15.6 Å². The molecule has 0 saturated heterocycles. The number of hydrogen-bond donors (Lipinski definition) is 1. The van der Waals surface area contributed by atoms with Crippen LogP contribution in [0.15, 0.2) is 35.3 Å². The van der Waals surface area contributed by atoms with Crippen LogP contribution < -0.4 is 4.72 Å². The number of sulfonamides is 1. The van der Waals surface area contributed by atoms with E-state index in [4.69, 9.17) is 0 Å². The van der Waals surface area contributed by atoms with Crippen LogP contribution in [0.4, 0.5) is 0 Å². The van der Waals surface area contributed by atoms with Crippen molar-refractivity contribution in [1.82, 2.24) is 4.72 Å². The minimum Gasteiger partial charge on any atom is -0.207 e. The maximum Gasteiger partial charge on any atom is 0.241 e. The average Bonchev–Trinajstić information content (AvgIpc) is 2.14. The third kappa shape index (κ3) is 4.88. The first-order valence-corrected chi connectivity index (χ1v) is 7.11. The Hall–Kier alpha value is -0.870. The first-order valence-electron chi connectivity index (χ1n) is 5.63. The van der Waals surface area contributed by atoms with Gasteiger partial charge >= 0.3 is 0 Å². The van der Waals surface area contributed by atoms with Gasteiger partial charge in [0.05, 0.1) is 4.91 Å². The number of allylic oxidation sites excluding steroid dienone is 3. The fourth-order valence-corrected chi connectivity index (χ4v) is 2.78. The molecule has 0 radical (unpaired) electrons. The Labute approximate surface area is 105 Å². The van der Waals surface area contributed by atoms with Crippen molar-refractivity contribution in [2.75, 3.05) is 0 Å². The van der Waals surface area contributed by atoms with Crippen molar-refractivity contribution in [3.63, 3.8) is 0 Å². The minimum absolute atomic E-state index is 0.0439. The summed E-state index contributed by atoms with van der Waals surface area (Å²) in [5.41, 5.74) is 0.853. The Morgan fingerprint density at radius 3 is 2.06 bits per heavy atom. The van der Waals surface area contributed by atoms with Crippen LogP contribution in [0.2, 0.25) is 0 Å². The van der Waals surface area contributed by atoms with Gasteiger partial charge in [0.2, 0.25) is 10.0 Å². The van der Waals surface area contributed by atoms with Crippen LogP contribution in [0.25, 0.3) is 0 Å². The van der Waals surface area contributed by atoms with Crippen LogP contribution in [-0.2, 0) is 10.0 Å². The highest BCUT2D eigenvalue weighted by atomic mass is 32.2. The van der Waals surface area contributed by atoms with Gasteiger partial charge in [-0.25, -0.2) is 13.1 Å². The summed E-state index contributed by atoms with van der Waals surface area (Å²) in [5, 5.41) is 0. The SMILES string of the molecule is C=C(C(=C)S(=O)(=O)NC(C)(C)C)/C(=C/C)CC. The molecule has 17 heavy (non-hydrogen) atoms. The van der Waals surface area contributed by atoms with E-state index in [2.05, 4.69) is 17.9 Å². The van der Waals surface area contributed by atoms with Crippen molar-refractivity contribution in [2.24, 2.45) is 0 Å². The van der Waals surface area contributed by atoms with Gasteiger partial charge in [-0.3, -0.25) is 0 Å². The zero-order valence-electron chi connectivity index (χ0n) is 11.4. The quantitative estimate of drug-likeness (QED) is 0.769. The molecule has 0 aliphatic carbocycles. The Morgan fingerprint density at radius 2 is 1.76 bits per heavy atom. The molecule has 0 amide bonds. The molecule has 0 bridgehead atoms. The van der Waals surface area contributed by atoms with Crippen LogP contribution in [-0.4, -0.2) is 14.0 Å². The lowest BCUT2D eigenvalue weighted by Gasteiger charge is -2.22. The summed E-state index contributed by atoms with van der Waals surface area (Å²) in [6, 6.07) is 0. The zero-order chi connectivity index (χ0) is 13.9. The standard InChI is InChI=1S/C13H23NO2S/c1-8-12(9-2)10(3)11(4)17(15,16)14-13(5,6)7/h8,14H,3-4,9H2,1-2,5-7H3/b12-8+. The van der Waals surface area contributed by atoms with Crippen LogP contribution in [0.1, 0.15) is 41.0 Å². The first-order chi connectivity index (χ1) is 7.55. The second kappa shape index (κ2) is 5.65. The molecule has 98 valence electrons. The smallest absolute Gasteiger partial charge is 0.207 e. The van der Waals surface area contributed by atoms with E-state index in [0.717, 1.165) is 12.0 Å². The fraction of sp³-hybridized carbons (Fsp3) is 0.538. The van der Waals surface area contributed by atoms with Gasteiger partial charge in [-0.2, -0.15) is 0 Å². The number of rotatable bonds is 5. The molecule has 0 heterocycles. The lowest BCUT2D eigenvalue weighted by molar-refractivity contribution is 0.495. The van der Waals surface area contributed by atoms with Crippen molar-refractivity contribution < 1.29 is 8.42 Å². The highest BCUT2D eigenvalue weighted by molar-refractivity contribution is 7.93. The van der Waals surface area contributed by atoms with Gasteiger partial charge in [-0.05, 0) is 45.3 Å². The molecule has 0 spiro atoms. The lowest BCUT2D eigenvalue weighted by atomic mass is 10.1. The van der Waals surface area contributed by atoms with Crippen LogP contribution >= 0.6 is 0 Å². The Balaban J connectivity index is 5.14. The lowest BCUT2D eigenvalue weighted by Crippen LogP contribution is -2.41. The van der Waals surface area contributed by atoms with E-state index in [9.17, 15) is 8.42 Å². The second-order valence-electron chi connectivity index (χ2n) is 4.92. The van der Waals surface area contributed by atoms with Crippen molar-refractivity contribution in [1.29, 1.82) is 0 Å². The predicted molar refractivity (Wildman–Crippen MR) is 74.1 cm³/mol. The normalized spacial score (nSPS) is 13.6. The highest BCUT2D eigenvalue weighted by Gasteiger charge is 2.25. The van der Waals surface area contributed by atoms with Gasteiger partial charge in [0, 0.05) is 5.54 Å². The van der Waals surface area contributed by atoms with Gasteiger partial charge in [0.15, 0.2) is 0 Å². The summed E-state index contributed by atoms with van der Waals surface area (Å²) in [6.07, 6.45) is 2.60. The molecule has 0 unspecified atom stereocenters. The molecule has 0 aromatic carbocycles. The summed E-state index contributed by atoms with van der Waals surface area (Å²) in [6.45, 7) is 16.6. The Morgan fingerprint density at radius 1 is 1.29 bits per heavy atom. The summed E-state index contributed by atoms with van der Waals surface area (Å²) < 4.78 is 26.6. The molecule has 0 fully saturated rings. The third-order valence-electron chi connectivity index (χ3n) is 2.22. The van der Waals surface area contributed by atoms with Crippen molar-refractivity contribution in [3.8, 4) is 0 Å². The van der Waals surface area contributed by atoms with Gasteiger partial charge in [-0.1, -0.05) is 26.2 Å². The van der Waals surface area contributed by atoms with Gasteiger partial charge in [-0.15, -0.1) is 0 Å². The first kappa shape index (κ1) is 16.1. The molecule has 1 N–H and O–H groups in total. The molecule has 0 aromatic rings. The monoisotopic (exact) mass is 257 g/mol. The van der Waals surface area contributed by atoms with E-state index in [1.807, 2.05) is 19.9 Å². The molecule has 0 rings (SSSR count). The molecule has 4 heteroatoms. The molecule has 0 saturated carbocycles. The highest BCUT2D eigenvalue weighted by Crippen LogP contribution is 2.23. The van der Waals surface area contributed by atoms with E-state index in [1.165, 1.54) is 0 Å². The van der Waals surface area contributed by atoms with Gasteiger partial charge in [0.25, 0.3) is 0 Å². The van der Waals surface area contributed by atoms with E-state index in [-0.39, 0.29) is 4.91 Å². The number of nitrogens with one attached hydrogen (secondary N) is 1. The van der Waals surface area contributed by atoms with Crippen LogP contribution in [0.5, 0.6) is 0 Å². The maximum absolute atomic E-state index is 12.0. The molecule has 0 aromatic heterocycles. The zero-order valence-corrected chi connectivity index (χ0v) is 12.2. The van der Waals surface area contributed by atoms with E-state index in [1.54, 1.807) is 20.8 Å². The molecule has 0 aliphatic heterocycles. The van der Waals surface area contributed by atoms with E-state index in [0.29, 0.717) is 5.57 Å². The van der Waals surface area contributed by atoms with Crippen molar-refractivity contribution in [3.05, 3.63) is 35.3 Å². The summed E-state index contributed by atoms with van der Waals surface area (Å²) in [7, 11) is -3.57. The largest absolute Gasteiger partial charge is 0.241 e. The summed E-state index contributed by atoms with van der Waals surface area (Å²) >= 11 is 0. The predicted octanol–water partition coefficient (Wildman–Crippen LogP) is 3.13. The maximum atomic E-state index is 12.0.